The van der Waals surface area contributed by atoms with Crippen LogP contribution in [0, 0.1) is 18.7 Å². The van der Waals surface area contributed by atoms with E-state index in [1.807, 2.05) is 0 Å². The molecule has 2 amide bonds. The average molecular weight is 620 g/mol. The van der Waals surface area contributed by atoms with Gasteiger partial charge in [0.25, 0.3) is 5.56 Å². The Morgan fingerprint density at radius 1 is 1.24 bits per heavy atom. The van der Waals surface area contributed by atoms with Crippen LogP contribution in [0.25, 0.3) is 22.3 Å². The lowest BCUT2D eigenvalue weighted by Gasteiger charge is -2.36. The third-order valence-corrected chi connectivity index (χ3v) is 9.93. The Kier molecular flexibility index (Phi) is 7.02. The maximum atomic E-state index is 15.1. The van der Waals surface area contributed by atoms with E-state index < -0.39 is 23.2 Å². The fraction of sp³-hybridized carbons (Fsp3) is 0.469. The number of nitrogens with two attached hydrogens (primary N) is 1. The first kappa shape index (κ1) is 29.5. The molecule has 2 atom stereocenters. The minimum absolute atomic E-state index is 0.0162. The standard InChI is InChI=1S/C32H34FN5O7/c1-3-32(43)20-8-24-28-18(11-38(24)30(41)19(20)12-44-31(32)42)27-22(5-4-17-14(2)21(33)9-23(36-28)26(17)27)37-29(40)15-6-16(7-15)45-13-35-25(39)10-34/h8-9,15-16,22,43H,3-7,10-13,34H2,1-2H3,(H,35,39)(H,37,40)/t15-,16+,22-,32-/m0/s1. The van der Waals surface area contributed by atoms with Crippen LogP contribution in [-0.2, 0) is 49.0 Å². The molecule has 2 aliphatic heterocycles. The van der Waals surface area contributed by atoms with Crippen molar-refractivity contribution in [3.05, 3.63) is 61.7 Å². The Bertz CT molecular complexity index is 1870. The van der Waals surface area contributed by atoms with Crippen molar-refractivity contribution < 1.29 is 33.4 Å². The minimum Gasteiger partial charge on any atom is -0.458 e. The summed E-state index contributed by atoms with van der Waals surface area (Å²) in [6.07, 6.45) is 1.96. The first-order valence-corrected chi connectivity index (χ1v) is 15.3. The van der Waals surface area contributed by atoms with Gasteiger partial charge in [-0.2, -0.15) is 0 Å². The van der Waals surface area contributed by atoms with Gasteiger partial charge < -0.3 is 35.5 Å². The number of amides is 2. The van der Waals surface area contributed by atoms with Gasteiger partial charge in [-0.3, -0.25) is 14.4 Å². The molecule has 7 rings (SSSR count). The van der Waals surface area contributed by atoms with Crippen LogP contribution in [0.3, 0.4) is 0 Å². The Labute approximate surface area is 257 Å². The molecule has 236 valence electrons. The van der Waals surface area contributed by atoms with E-state index in [-0.39, 0.29) is 73.6 Å². The lowest BCUT2D eigenvalue weighted by Crippen LogP contribution is -2.45. The number of carbonyl (C=O) groups excluding carboxylic acids is 3. The number of rotatable bonds is 7. The number of benzene rings is 1. The van der Waals surface area contributed by atoms with Crippen molar-refractivity contribution in [2.75, 3.05) is 13.3 Å². The first-order valence-electron chi connectivity index (χ1n) is 15.3. The van der Waals surface area contributed by atoms with Gasteiger partial charge in [0, 0.05) is 28.5 Å². The lowest BCUT2D eigenvalue weighted by molar-refractivity contribution is -0.172. The number of carbonyl (C=O) groups is 3. The minimum atomic E-state index is -1.97. The van der Waals surface area contributed by atoms with Crippen LogP contribution in [0.15, 0.2) is 16.9 Å². The van der Waals surface area contributed by atoms with E-state index in [4.69, 9.17) is 20.2 Å². The van der Waals surface area contributed by atoms with Crippen LogP contribution in [0.5, 0.6) is 0 Å². The topological polar surface area (TPSA) is 175 Å². The Morgan fingerprint density at radius 2 is 2.02 bits per heavy atom. The van der Waals surface area contributed by atoms with E-state index in [1.54, 1.807) is 24.5 Å². The number of ether oxygens (including phenoxy) is 2. The maximum absolute atomic E-state index is 15.1. The SMILES string of the molecule is CC[C@@]1(O)C(=O)OCc2c1cc1n(c2=O)Cc2c-1nc1cc(F)c(C)c3c1c2[C@@H](NC(=O)[C@H]1C[C@@H](OCNC(=O)CN)C1)CC3. The van der Waals surface area contributed by atoms with Crippen LogP contribution >= 0.6 is 0 Å². The molecule has 0 spiro atoms. The summed E-state index contributed by atoms with van der Waals surface area (Å²) in [4.78, 5) is 56.0. The molecule has 12 nitrogen and oxygen atoms in total. The molecule has 1 saturated carbocycles. The quantitative estimate of drug-likeness (QED) is 0.176. The van der Waals surface area contributed by atoms with E-state index in [9.17, 15) is 24.3 Å². The van der Waals surface area contributed by atoms with Crippen molar-refractivity contribution in [1.29, 1.82) is 0 Å². The maximum Gasteiger partial charge on any atom is 0.343 e. The van der Waals surface area contributed by atoms with E-state index in [0.29, 0.717) is 48.2 Å². The predicted molar refractivity (Wildman–Crippen MR) is 158 cm³/mol. The van der Waals surface area contributed by atoms with Crippen molar-refractivity contribution in [2.45, 2.75) is 76.9 Å². The zero-order chi connectivity index (χ0) is 31.8. The third kappa shape index (κ3) is 4.47. The van der Waals surface area contributed by atoms with Gasteiger partial charge in [-0.05, 0) is 61.8 Å². The number of fused-ring (bicyclic) bond motifs is 5. The lowest BCUT2D eigenvalue weighted by atomic mass is 9.79. The highest BCUT2D eigenvalue weighted by molar-refractivity contribution is 5.94. The normalized spacial score (nSPS) is 24.3. The van der Waals surface area contributed by atoms with Crippen molar-refractivity contribution in [3.8, 4) is 11.4 Å². The highest BCUT2D eigenvalue weighted by Crippen LogP contribution is 2.46. The Morgan fingerprint density at radius 3 is 2.76 bits per heavy atom. The van der Waals surface area contributed by atoms with Crippen LogP contribution in [0.4, 0.5) is 4.39 Å². The van der Waals surface area contributed by atoms with Crippen molar-refractivity contribution in [3.63, 3.8) is 0 Å². The summed E-state index contributed by atoms with van der Waals surface area (Å²) in [5, 5.41) is 17.8. The van der Waals surface area contributed by atoms with E-state index in [0.717, 1.165) is 22.1 Å². The average Bonchev–Trinajstić information content (AvgIpc) is 3.38. The smallest absolute Gasteiger partial charge is 0.343 e. The molecule has 2 aromatic heterocycles. The molecule has 1 fully saturated rings. The summed E-state index contributed by atoms with van der Waals surface area (Å²) >= 11 is 0. The molecule has 2 aliphatic carbocycles. The molecular weight excluding hydrogens is 585 g/mol. The fourth-order valence-corrected chi connectivity index (χ4v) is 7.22. The Balaban J connectivity index is 1.26. The highest BCUT2D eigenvalue weighted by Gasteiger charge is 2.46. The van der Waals surface area contributed by atoms with Gasteiger partial charge >= 0.3 is 5.97 Å². The number of nitrogens with zero attached hydrogens (tertiary/aromatic N) is 2. The third-order valence-electron chi connectivity index (χ3n) is 9.93. The number of aromatic nitrogens is 2. The largest absolute Gasteiger partial charge is 0.458 e. The molecule has 1 aromatic carbocycles. The number of aryl methyl sites for hydroxylation is 1. The summed E-state index contributed by atoms with van der Waals surface area (Å²) in [6.45, 7) is 3.21. The molecule has 4 heterocycles. The van der Waals surface area contributed by atoms with Gasteiger partial charge in [-0.1, -0.05) is 6.92 Å². The second-order valence-electron chi connectivity index (χ2n) is 12.3. The van der Waals surface area contributed by atoms with Crippen LogP contribution < -0.4 is 21.9 Å². The molecule has 5 N–H and O–H groups in total. The van der Waals surface area contributed by atoms with Gasteiger partial charge in [-0.25, -0.2) is 14.2 Å². The van der Waals surface area contributed by atoms with Crippen LogP contribution in [-0.4, -0.2) is 51.8 Å². The zero-order valence-corrected chi connectivity index (χ0v) is 25.0. The second kappa shape index (κ2) is 10.7. The van der Waals surface area contributed by atoms with Crippen LogP contribution in [0.1, 0.15) is 72.0 Å². The molecule has 13 heteroatoms. The number of esters is 1. The summed E-state index contributed by atoms with van der Waals surface area (Å²) in [5.41, 5.74) is 7.56. The monoisotopic (exact) mass is 619 g/mol. The number of pyridine rings is 2. The molecule has 4 aliphatic rings. The molecular formula is C32H34FN5O7. The zero-order valence-electron chi connectivity index (χ0n) is 25.0. The van der Waals surface area contributed by atoms with Gasteiger partial charge in [0.2, 0.25) is 11.8 Å². The Hall–Kier alpha value is -4.20. The van der Waals surface area contributed by atoms with Gasteiger partial charge in [-0.15, -0.1) is 0 Å². The predicted octanol–water partition coefficient (Wildman–Crippen LogP) is 1.46. The number of halogens is 1. The van der Waals surface area contributed by atoms with Gasteiger partial charge in [0.05, 0.1) is 47.7 Å². The summed E-state index contributed by atoms with van der Waals surface area (Å²) < 4.78 is 27.5. The molecule has 3 aromatic rings. The molecule has 45 heavy (non-hydrogen) atoms. The van der Waals surface area contributed by atoms with Crippen LogP contribution in [0.2, 0.25) is 0 Å². The summed E-state index contributed by atoms with van der Waals surface area (Å²) in [7, 11) is 0. The number of nitrogens with one attached hydrogen (secondary N) is 2. The highest BCUT2D eigenvalue weighted by atomic mass is 19.1. The second-order valence-corrected chi connectivity index (χ2v) is 12.3. The summed E-state index contributed by atoms with van der Waals surface area (Å²) in [6, 6.07) is 2.61. The van der Waals surface area contributed by atoms with Crippen molar-refractivity contribution >= 4 is 28.7 Å². The molecule has 0 saturated heterocycles. The van der Waals surface area contributed by atoms with E-state index in [2.05, 4.69) is 10.6 Å². The van der Waals surface area contributed by atoms with E-state index >= 15 is 4.39 Å². The molecule has 0 bridgehead atoms. The molecule has 0 unspecified atom stereocenters. The summed E-state index contributed by atoms with van der Waals surface area (Å²) in [5.74, 6) is -1.91. The number of hydrogen-bond donors (Lipinski definition) is 4. The first-order chi connectivity index (χ1) is 21.5. The van der Waals surface area contributed by atoms with Gasteiger partial charge in [0.1, 0.15) is 19.2 Å². The van der Waals surface area contributed by atoms with Crippen molar-refractivity contribution in [2.24, 2.45) is 11.7 Å². The van der Waals surface area contributed by atoms with Gasteiger partial charge in [0.15, 0.2) is 5.60 Å². The fourth-order valence-electron chi connectivity index (χ4n) is 7.22. The molecule has 0 radical (unpaired) electrons. The number of cyclic esters (lactones) is 1. The van der Waals surface area contributed by atoms with E-state index in [1.165, 1.54) is 6.07 Å². The number of hydrogen-bond acceptors (Lipinski definition) is 9. The van der Waals surface area contributed by atoms with Crippen molar-refractivity contribution in [1.82, 2.24) is 20.2 Å². The number of aliphatic hydroxyl groups is 1.